The van der Waals surface area contributed by atoms with Crippen LogP contribution in [0.25, 0.3) is 0 Å². The molecule has 0 N–H and O–H groups in total. The van der Waals surface area contributed by atoms with Crippen molar-refractivity contribution in [2.75, 3.05) is 24.7 Å². The smallest absolute Gasteiger partial charge is 0.225 e. The maximum Gasteiger partial charge on any atom is 0.225 e. The molecule has 0 amide bonds. The van der Waals surface area contributed by atoms with Gasteiger partial charge in [0.05, 0.1) is 18.8 Å². The maximum absolute atomic E-state index is 5.26. The highest BCUT2D eigenvalue weighted by atomic mass is 16.5. The first kappa shape index (κ1) is 8.17. The van der Waals surface area contributed by atoms with Crippen LogP contribution < -0.4 is 4.90 Å². The minimum absolute atomic E-state index is 0.245. The van der Waals surface area contributed by atoms with Crippen LogP contribution in [0.4, 0.5) is 5.95 Å². The summed E-state index contributed by atoms with van der Waals surface area (Å²) in [5, 5.41) is 0. The minimum Gasteiger partial charge on any atom is -0.376 e. The summed E-state index contributed by atoms with van der Waals surface area (Å²) in [5.41, 5.74) is 1.35. The van der Waals surface area contributed by atoms with Crippen LogP contribution in [0, 0.1) is 6.92 Å². The van der Waals surface area contributed by atoms with Gasteiger partial charge in [0.15, 0.2) is 0 Å². The summed E-state index contributed by atoms with van der Waals surface area (Å²) < 4.78 is 5.26. The largest absolute Gasteiger partial charge is 0.376 e. The van der Waals surface area contributed by atoms with E-state index in [2.05, 4.69) is 14.9 Å². The third-order valence-electron chi connectivity index (χ3n) is 3.12. The van der Waals surface area contributed by atoms with Crippen molar-refractivity contribution in [3.63, 3.8) is 0 Å². The topological polar surface area (TPSA) is 38.2 Å². The molecule has 4 nitrogen and oxygen atoms in total. The molecule has 2 aliphatic rings. The second-order valence-corrected chi connectivity index (χ2v) is 4.18. The van der Waals surface area contributed by atoms with E-state index in [9.17, 15) is 0 Å². The Labute approximate surface area is 82.9 Å². The molecule has 0 radical (unpaired) electrons. The predicted octanol–water partition coefficient (Wildman–Crippen LogP) is 0.764. The van der Waals surface area contributed by atoms with Gasteiger partial charge < -0.3 is 9.64 Å². The lowest BCUT2D eigenvalue weighted by Crippen LogP contribution is -2.71. The van der Waals surface area contributed by atoms with Crippen LogP contribution in [-0.4, -0.2) is 35.3 Å². The van der Waals surface area contributed by atoms with Crippen LogP contribution in [0.15, 0.2) is 12.4 Å². The molecule has 0 aromatic carbocycles. The number of aromatic nitrogens is 2. The van der Waals surface area contributed by atoms with Crippen molar-refractivity contribution >= 4 is 5.95 Å². The molecule has 0 atom stereocenters. The molecule has 3 heterocycles. The fourth-order valence-electron chi connectivity index (χ4n) is 2.01. The summed E-state index contributed by atoms with van der Waals surface area (Å²) in [6, 6.07) is 0. The summed E-state index contributed by atoms with van der Waals surface area (Å²) in [7, 11) is 0. The van der Waals surface area contributed by atoms with Gasteiger partial charge >= 0.3 is 0 Å². The van der Waals surface area contributed by atoms with Crippen molar-refractivity contribution < 1.29 is 4.74 Å². The number of hydrogen-bond acceptors (Lipinski definition) is 4. The normalized spacial score (nSPS) is 23.1. The molecule has 2 saturated heterocycles. The van der Waals surface area contributed by atoms with E-state index in [0.29, 0.717) is 0 Å². The van der Waals surface area contributed by atoms with E-state index in [-0.39, 0.29) is 5.54 Å². The van der Waals surface area contributed by atoms with Crippen molar-refractivity contribution in [1.29, 1.82) is 0 Å². The molecule has 4 heteroatoms. The van der Waals surface area contributed by atoms with E-state index in [0.717, 1.165) is 31.3 Å². The number of hydrogen-bond donors (Lipinski definition) is 0. The number of anilines is 1. The van der Waals surface area contributed by atoms with Gasteiger partial charge in [-0.15, -0.1) is 0 Å². The molecule has 1 aromatic rings. The third kappa shape index (κ3) is 0.973. The van der Waals surface area contributed by atoms with E-state index < -0.39 is 0 Å². The molecular formula is C10H13N3O. The monoisotopic (exact) mass is 191 g/mol. The van der Waals surface area contributed by atoms with Crippen LogP contribution in [-0.2, 0) is 4.74 Å². The lowest BCUT2D eigenvalue weighted by Gasteiger charge is -2.57. The first-order valence-corrected chi connectivity index (χ1v) is 4.94. The number of aryl methyl sites for hydroxylation is 1. The third-order valence-corrected chi connectivity index (χ3v) is 3.12. The van der Waals surface area contributed by atoms with Crippen molar-refractivity contribution in [3.05, 3.63) is 18.0 Å². The van der Waals surface area contributed by atoms with E-state index in [4.69, 9.17) is 4.74 Å². The molecule has 2 fully saturated rings. The Morgan fingerprint density at radius 2 is 2.07 bits per heavy atom. The molecule has 2 aliphatic heterocycles. The second kappa shape index (κ2) is 2.67. The summed E-state index contributed by atoms with van der Waals surface area (Å²) >= 11 is 0. The Hall–Kier alpha value is -1.16. The SMILES string of the molecule is Cc1cnc(N2CCC23COC3)nc1. The fourth-order valence-corrected chi connectivity index (χ4v) is 2.01. The Morgan fingerprint density at radius 3 is 2.50 bits per heavy atom. The van der Waals surface area contributed by atoms with Gasteiger partial charge in [0.25, 0.3) is 0 Å². The Kier molecular flexibility index (Phi) is 1.56. The van der Waals surface area contributed by atoms with Crippen molar-refractivity contribution in [2.45, 2.75) is 18.9 Å². The molecule has 1 spiro atoms. The van der Waals surface area contributed by atoms with E-state index >= 15 is 0 Å². The highest BCUT2D eigenvalue weighted by Crippen LogP contribution is 2.39. The Bertz CT molecular complexity index is 339. The van der Waals surface area contributed by atoms with Crippen molar-refractivity contribution in [3.8, 4) is 0 Å². The van der Waals surface area contributed by atoms with Gasteiger partial charge in [-0.2, -0.15) is 0 Å². The Morgan fingerprint density at radius 1 is 1.36 bits per heavy atom. The van der Waals surface area contributed by atoms with Gasteiger partial charge in [-0.25, -0.2) is 9.97 Å². The van der Waals surface area contributed by atoms with Crippen molar-refractivity contribution in [2.24, 2.45) is 0 Å². The van der Waals surface area contributed by atoms with Gasteiger partial charge in [0.2, 0.25) is 5.95 Å². The highest BCUT2D eigenvalue weighted by molar-refractivity contribution is 5.41. The standard InChI is InChI=1S/C10H13N3O/c1-8-4-11-9(12-5-8)13-3-2-10(13)6-14-7-10/h4-5H,2-3,6-7H2,1H3. The van der Waals surface area contributed by atoms with Gasteiger partial charge in [0.1, 0.15) is 0 Å². The summed E-state index contributed by atoms with van der Waals surface area (Å²) in [5.74, 6) is 0.852. The van der Waals surface area contributed by atoms with Gasteiger partial charge in [-0.3, -0.25) is 0 Å². The lowest BCUT2D eigenvalue weighted by atomic mass is 9.83. The zero-order valence-electron chi connectivity index (χ0n) is 8.23. The van der Waals surface area contributed by atoms with Crippen molar-refractivity contribution in [1.82, 2.24) is 9.97 Å². The van der Waals surface area contributed by atoms with Crippen LogP contribution in [0.5, 0.6) is 0 Å². The van der Waals surface area contributed by atoms with E-state index in [1.165, 1.54) is 6.42 Å². The van der Waals surface area contributed by atoms with E-state index in [1.807, 2.05) is 19.3 Å². The lowest BCUT2D eigenvalue weighted by molar-refractivity contribution is -0.0856. The number of ether oxygens (including phenoxy) is 1. The second-order valence-electron chi connectivity index (χ2n) is 4.18. The summed E-state index contributed by atoms with van der Waals surface area (Å²) in [6.07, 6.45) is 4.95. The molecular weight excluding hydrogens is 178 g/mol. The van der Waals surface area contributed by atoms with Crippen LogP contribution in [0.3, 0.4) is 0 Å². The maximum atomic E-state index is 5.26. The number of nitrogens with zero attached hydrogens (tertiary/aromatic N) is 3. The molecule has 0 bridgehead atoms. The molecule has 14 heavy (non-hydrogen) atoms. The minimum atomic E-state index is 0.245. The average Bonchev–Trinajstić information content (AvgIpc) is 2.04. The van der Waals surface area contributed by atoms with Crippen LogP contribution in [0.1, 0.15) is 12.0 Å². The fraction of sp³-hybridized carbons (Fsp3) is 0.600. The van der Waals surface area contributed by atoms with E-state index in [1.54, 1.807) is 0 Å². The molecule has 0 unspecified atom stereocenters. The molecule has 3 rings (SSSR count). The Balaban J connectivity index is 1.85. The average molecular weight is 191 g/mol. The quantitative estimate of drug-likeness (QED) is 0.657. The number of rotatable bonds is 1. The van der Waals surface area contributed by atoms with Crippen LogP contribution in [0.2, 0.25) is 0 Å². The molecule has 0 saturated carbocycles. The van der Waals surface area contributed by atoms with Gasteiger partial charge in [-0.1, -0.05) is 0 Å². The molecule has 0 aliphatic carbocycles. The predicted molar refractivity (Wildman–Crippen MR) is 52.3 cm³/mol. The highest BCUT2D eigenvalue weighted by Gasteiger charge is 2.51. The first-order chi connectivity index (χ1) is 6.80. The molecule has 1 aromatic heterocycles. The van der Waals surface area contributed by atoms with Gasteiger partial charge in [-0.05, 0) is 18.9 Å². The summed E-state index contributed by atoms with van der Waals surface area (Å²) in [6.45, 7) is 4.74. The van der Waals surface area contributed by atoms with Crippen LogP contribution >= 0.6 is 0 Å². The molecule has 74 valence electrons. The zero-order chi connectivity index (χ0) is 9.60. The van der Waals surface area contributed by atoms with Gasteiger partial charge in [0, 0.05) is 18.9 Å². The zero-order valence-corrected chi connectivity index (χ0v) is 8.23. The summed E-state index contributed by atoms with van der Waals surface area (Å²) in [4.78, 5) is 10.9. The first-order valence-electron chi connectivity index (χ1n) is 4.94.